The minimum absolute atomic E-state index is 0.0189. The maximum atomic E-state index is 14.3. The van der Waals surface area contributed by atoms with E-state index >= 15 is 0 Å². The first kappa shape index (κ1) is 34.5. The number of nitro groups is 3. The first-order valence-electron chi connectivity index (χ1n) is 13.0. The highest BCUT2D eigenvalue weighted by atomic mass is 32.2. The van der Waals surface area contributed by atoms with Gasteiger partial charge in [-0.15, -0.1) is 0 Å². The van der Waals surface area contributed by atoms with Gasteiger partial charge >= 0.3 is 6.03 Å². The van der Waals surface area contributed by atoms with Crippen LogP contribution in [0.15, 0.2) is 94.7 Å². The Hall–Kier alpha value is -6.35. The lowest BCUT2D eigenvalue weighted by atomic mass is 10.1. The van der Waals surface area contributed by atoms with Gasteiger partial charge in [-0.2, -0.15) is 4.31 Å². The van der Waals surface area contributed by atoms with Gasteiger partial charge in [0.1, 0.15) is 5.75 Å². The summed E-state index contributed by atoms with van der Waals surface area (Å²) < 4.78 is 55.9. The van der Waals surface area contributed by atoms with Gasteiger partial charge in [-0.25, -0.2) is 25.9 Å². The van der Waals surface area contributed by atoms with Gasteiger partial charge in [0.15, 0.2) is 11.5 Å². The summed E-state index contributed by atoms with van der Waals surface area (Å²) in [6.07, 6.45) is -0.594. The van der Waals surface area contributed by atoms with Gasteiger partial charge in [-0.05, 0) is 54.4 Å². The van der Waals surface area contributed by atoms with Crippen LogP contribution in [0.3, 0.4) is 0 Å². The molecule has 0 aliphatic heterocycles. The van der Waals surface area contributed by atoms with Crippen molar-refractivity contribution in [2.45, 2.75) is 16.2 Å². The van der Waals surface area contributed by atoms with Gasteiger partial charge in [0, 0.05) is 49.0 Å². The normalized spacial score (nSPS) is 11.4. The van der Waals surface area contributed by atoms with Crippen LogP contribution >= 0.6 is 0 Å². The molecule has 0 radical (unpaired) electrons. The molecule has 4 aromatic carbocycles. The standard InChI is InChI=1S/C27H21N5O14S2/c33-24-16-26(35)25(34)15-17(24)13-14-28(47(43,44)22-9-5-20(6-10-22)31(39)40)27(36)29(18-1-3-19(4-2-18)30(37)38)48(45,46)23-11-7-21(8-12-23)32(41)42/h1-12,15-16,33-35H,13-14H2. The number of anilines is 1. The maximum Gasteiger partial charge on any atom is 0.352 e. The van der Waals surface area contributed by atoms with Crippen molar-refractivity contribution in [2.24, 2.45) is 0 Å². The predicted octanol–water partition coefficient (Wildman–Crippen LogP) is 3.78. The Balaban J connectivity index is 1.91. The van der Waals surface area contributed by atoms with E-state index in [0.29, 0.717) is 0 Å². The SMILES string of the molecule is O=C(N(CCc1cc(O)c(O)cc1O)S(=O)(=O)c1ccc([N+](=O)[O-])cc1)N(c1ccc([N+](=O)[O-])cc1)S(=O)(=O)c1ccc([N+](=O)[O-])cc1. The molecular formula is C27H21N5O14S2. The van der Waals surface area contributed by atoms with Crippen molar-refractivity contribution in [3.63, 3.8) is 0 Å². The van der Waals surface area contributed by atoms with E-state index in [1.54, 1.807) is 0 Å². The molecule has 3 N–H and O–H groups in total. The highest BCUT2D eigenvalue weighted by Gasteiger charge is 2.40. The van der Waals surface area contributed by atoms with Crippen LogP contribution in [0.2, 0.25) is 0 Å². The lowest BCUT2D eigenvalue weighted by molar-refractivity contribution is -0.385. The van der Waals surface area contributed by atoms with Crippen molar-refractivity contribution < 1.29 is 51.7 Å². The lowest BCUT2D eigenvalue weighted by Gasteiger charge is -2.30. The fraction of sp³-hybridized carbons (Fsp3) is 0.0741. The largest absolute Gasteiger partial charge is 0.508 e. The number of sulfonamides is 2. The number of nitrogens with zero attached hydrogens (tertiary/aromatic N) is 5. The highest BCUT2D eigenvalue weighted by Crippen LogP contribution is 2.34. The first-order chi connectivity index (χ1) is 22.4. The van der Waals surface area contributed by atoms with Gasteiger partial charge in [-0.3, -0.25) is 30.3 Å². The zero-order valence-electron chi connectivity index (χ0n) is 23.9. The lowest BCUT2D eigenvalue weighted by Crippen LogP contribution is -2.49. The molecule has 0 aromatic heterocycles. The third-order valence-corrected chi connectivity index (χ3v) is 10.2. The number of hydrogen-bond acceptors (Lipinski definition) is 14. The number of phenols is 3. The van der Waals surface area contributed by atoms with Crippen LogP contribution in [0.5, 0.6) is 17.2 Å². The summed E-state index contributed by atoms with van der Waals surface area (Å²) >= 11 is 0. The van der Waals surface area contributed by atoms with E-state index in [4.69, 9.17) is 0 Å². The summed E-state index contributed by atoms with van der Waals surface area (Å²) in [6, 6.07) is 9.41. The van der Waals surface area contributed by atoms with Crippen LogP contribution in [0.4, 0.5) is 27.5 Å². The summed E-state index contributed by atoms with van der Waals surface area (Å²) in [4.78, 5) is 43.9. The third-order valence-electron chi connectivity index (χ3n) is 6.66. The van der Waals surface area contributed by atoms with Crippen molar-refractivity contribution >= 4 is 48.8 Å². The van der Waals surface area contributed by atoms with Crippen LogP contribution in [0, 0.1) is 30.3 Å². The van der Waals surface area contributed by atoms with Gasteiger partial charge in [0.2, 0.25) is 0 Å². The number of nitro benzene ring substituents is 3. The number of aromatic hydroxyl groups is 3. The summed E-state index contributed by atoms with van der Waals surface area (Å²) in [6.45, 7) is -0.949. The molecule has 0 aliphatic carbocycles. The molecule has 0 fully saturated rings. The predicted molar refractivity (Wildman–Crippen MR) is 163 cm³/mol. The Morgan fingerprint density at radius 3 is 1.44 bits per heavy atom. The minimum atomic E-state index is -5.16. The van der Waals surface area contributed by atoms with Gasteiger partial charge in [0.25, 0.3) is 37.1 Å². The summed E-state index contributed by atoms with van der Waals surface area (Å²) in [5.74, 6) is -2.11. The van der Waals surface area contributed by atoms with Crippen LogP contribution in [0.25, 0.3) is 0 Å². The molecule has 21 heteroatoms. The fourth-order valence-corrected chi connectivity index (χ4v) is 7.02. The Morgan fingerprint density at radius 1 is 0.604 bits per heavy atom. The van der Waals surface area contributed by atoms with E-state index in [0.717, 1.165) is 84.9 Å². The van der Waals surface area contributed by atoms with E-state index in [2.05, 4.69) is 0 Å². The number of urea groups is 1. The zero-order valence-corrected chi connectivity index (χ0v) is 25.5. The molecule has 2 amide bonds. The number of phenolic OH excluding ortho intramolecular Hbond substituents is 3. The zero-order chi connectivity index (χ0) is 35.6. The maximum absolute atomic E-state index is 14.3. The minimum Gasteiger partial charge on any atom is -0.508 e. The van der Waals surface area contributed by atoms with Crippen molar-refractivity contribution in [3.8, 4) is 17.2 Å². The Kier molecular flexibility index (Phi) is 9.47. The van der Waals surface area contributed by atoms with Gasteiger partial charge in [0.05, 0.1) is 30.2 Å². The number of carbonyl (C=O) groups is 1. The molecule has 0 saturated heterocycles. The van der Waals surface area contributed by atoms with E-state index in [1.165, 1.54) is 0 Å². The second-order valence-electron chi connectivity index (χ2n) is 9.62. The van der Waals surface area contributed by atoms with Crippen molar-refractivity contribution in [2.75, 3.05) is 10.8 Å². The van der Waals surface area contributed by atoms with E-state index < -0.39 is 104 Å². The molecule has 19 nitrogen and oxygen atoms in total. The van der Waals surface area contributed by atoms with Crippen LogP contribution in [0.1, 0.15) is 5.56 Å². The van der Waals surface area contributed by atoms with Crippen LogP contribution < -0.4 is 4.31 Å². The molecule has 0 heterocycles. The summed E-state index contributed by atoms with van der Waals surface area (Å²) in [5.41, 5.74) is -2.39. The third kappa shape index (κ3) is 6.90. The quantitative estimate of drug-likeness (QED) is 0.0867. The Bertz CT molecular complexity index is 2140. The Morgan fingerprint density at radius 2 is 1.00 bits per heavy atom. The van der Waals surface area contributed by atoms with E-state index in [9.17, 15) is 67.3 Å². The molecule has 0 aliphatic rings. The number of carbonyl (C=O) groups excluding carboxylic acids is 1. The Labute approximate surface area is 269 Å². The second-order valence-corrected chi connectivity index (χ2v) is 13.3. The van der Waals surface area contributed by atoms with E-state index in [-0.39, 0.29) is 14.2 Å². The monoisotopic (exact) mass is 703 g/mol. The number of benzene rings is 4. The summed E-state index contributed by atoms with van der Waals surface area (Å²) in [7, 11) is -10.3. The number of amides is 2. The molecule has 48 heavy (non-hydrogen) atoms. The highest BCUT2D eigenvalue weighted by molar-refractivity contribution is 7.94. The smallest absolute Gasteiger partial charge is 0.352 e. The van der Waals surface area contributed by atoms with Crippen molar-refractivity contribution in [1.82, 2.24) is 4.31 Å². The van der Waals surface area contributed by atoms with Gasteiger partial charge in [-0.1, -0.05) is 0 Å². The number of hydrogen-bond donors (Lipinski definition) is 3. The van der Waals surface area contributed by atoms with Gasteiger partial charge < -0.3 is 15.3 Å². The number of rotatable bonds is 11. The topological polar surface area (TPSA) is 282 Å². The average Bonchev–Trinajstić information content (AvgIpc) is 3.03. The molecule has 4 rings (SSSR count). The molecule has 0 bridgehead atoms. The molecular weight excluding hydrogens is 682 g/mol. The molecule has 0 saturated carbocycles. The van der Waals surface area contributed by atoms with E-state index in [1.807, 2.05) is 0 Å². The molecule has 0 spiro atoms. The molecule has 0 unspecified atom stereocenters. The fourth-order valence-electron chi connectivity index (χ4n) is 4.23. The van der Waals surface area contributed by atoms with Crippen LogP contribution in [-0.4, -0.2) is 63.8 Å². The first-order valence-corrected chi connectivity index (χ1v) is 15.9. The molecule has 0 atom stereocenters. The van der Waals surface area contributed by atoms with Crippen molar-refractivity contribution in [3.05, 3.63) is 121 Å². The van der Waals surface area contributed by atoms with Crippen LogP contribution in [-0.2, 0) is 26.5 Å². The average molecular weight is 704 g/mol. The second kappa shape index (κ2) is 13.2. The number of non-ortho nitro benzene ring substituents is 3. The summed E-state index contributed by atoms with van der Waals surface area (Å²) in [5, 5.41) is 63.3. The molecule has 250 valence electrons. The van der Waals surface area contributed by atoms with Crippen molar-refractivity contribution in [1.29, 1.82) is 0 Å². The molecule has 4 aromatic rings.